The molecule has 1 aromatic rings. The quantitative estimate of drug-likeness (QED) is 0.772. The molecular weight excluding hydrogens is 198 g/mol. The molecule has 1 aromatic heterocycles. The highest BCUT2D eigenvalue weighted by molar-refractivity contribution is 5.31. The highest BCUT2D eigenvalue weighted by atomic mass is 16.3. The summed E-state index contributed by atoms with van der Waals surface area (Å²) in [5.41, 5.74) is 1.61. The van der Waals surface area contributed by atoms with Crippen molar-refractivity contribution >= 4 is 0 Å². The van der Waals surface area contributed by atoms with Gasteiger partial charge in [-0.3, -0.25) is 0 Å². The van der Waals surface area contributed by atoms with Crippen LogP contribution in [0.5, 0.6) is 0 Å². The Morgan fingerprint density at radius 2 is 2.06 bits per heavy atom. The van der Waals surface area contributed by atoms with E-state index in [2.05, 4.69) is 30.7 Å². The normalized spacial score (nSPS) is 11.1. The number of aromatic nitrogens is 1. The number of pyridine rings is 1. The molecule has 0 amide bonds. The zero-order valence-corrected chi connectivity index (χ0v) is 10.4. The van der Waals surface area contributed by atoms with Gasteiger partial charge >= 0.3 is 0 Å². The third-order valence-electron chi connectivity index (χ3n) is 2.38. The number of rotatable bonds is 2. The summed E-state index contributed by atoms with van der Waals surface area (Å²) in [6.45, 7) is 8.14. The maximum Gasteiger partial charge on any atom is 0.113 e. The van der Waals surface area contributed by atoms with Crippen LogP contribution < -0.4 is 0 Å². The van der Waals surface area contributed by atoms with Gasteiger partial charge < -0.3 is 5.11 Å². The van der Waals surface area contributed by atoms with E-state index in [4.69, 9.17) is 5.11 Å². The second kappa shape index (κ2) is 5.14. The summed E-state index contributed by atoms with van der Waals surface area (Å²) in [6.07, 6.45) is 1.86. The molecule has 1 N–H and O–H groups in total. The average Bonchev–Trinajstić information content (AvgIpc) is 2.27. The summed E-state index contributed by atoms with van der Waals surface area (Å²) in [5, 5.41) is 9.07. The van der Waals surface area contributed by atoms with Gasteiger partial charge in [-0.05, 0) is 37.3 Å². The van der Waals surface area contributed by atoms with Crippen molar-refractivity contribution in [2.75, 3.05) is 6.61 Å². The lowest BCUT2D eigenvalue weighted by Crippen LogP contribution is -2.13. The first-order chi connectivity index (χ1) is 7.44. The van der Waals surface area contributed by atoms with Crippen LogP contribution in [-0.4, -0.2) is 16.7 Å². The summed E-state index contributed by atoms with van der Waals surface area (Å²) in [6, 6.07) is 3.98. The minimum absolute atomic E-state index is 0.0596. The standard InChI is InChI=1S/C14H19NO/c1-11(2)12-5-6-13(15-9-12)7-8-14(3,4)10-16/h5-6,9,11,16H,10H2,1-4H3. The van der Waals surface area contributed by atoms with E-state index in [0.29, 0.717) is 5.92 Å². The van der Waals surface area contributed by atoms with E-state index in [1.54, 1.807) is 0 Å². The van der Waals surface area contributed by atoms with E-state index in [1.807, 2.05) is 32.2 Å². The summed E-state index contributed by atoms with van der Waals surface area (Å²) in [7, 11) is 0. The Labute approximate surface area is 97.7 Å². The molecule has 0 aliphatic carbocycles. The van der Waals surface area contributed by atoms with Crippen molar-refractivity contribution in [3.8, 4) is 11.8 Å². The van der Waals surface area contributed by atoms with E-state index in [0.717, 1.165) is 5.69 Å². The van der Waals surface area contributed by atoms with Gasteiger partial charge in [0.25, 0.3) is 0 Å². The van der Waals surface area contributed by atoms with E-state index >= 15 is 0 Å². The van der Waals surface area contributed by atoms with Crippen molar-refractivity contribution in [3.05, 3.63) is 29.6 Å². The van der Waals surface area contributed by atoms with Gasteiger partial charge in [-0.25, -0.2) is 4.98 Å². The monoisotopic (exact) mass is 217 g/mol. The maximum atomic E-state index is 9.07. The predicted molar refractivity (Wildman–Crippen MR) is 66.1 cm³/mol. The average molecular weight is 217 g/mol. The number of hydrogen-bond donors (Lipinski definition) is 1. The summed E-state index contributed by atoms with van der Waals surface area (Å²) in [5.74, 6) is 6.48. The lowest BCUT2D eigenvalue weighted by Gasteiger charge is -2.11. The molecule has 0 saturated heterocycles. The predicted octanol–water partition coefficient (Wildman–Crippen LogP) is 2.58. The van der Waals surface area contributed by atoms with Gasteiger partial charge in [-0.2, -0.15) is 0 Å². The van der Waals surface area contributed by atoms with Gasteiger partial charge in [0.2, 0.25) is 0 Å². The van der Waals surface area contributed by atoms with Crippen molar-refractivity contribution in [2.24, 2.45) is 5.41 Å². The molecule has 0 spiro atoms. The lowest BCUT2D eigenvalue weighted by molar-refractivity contribution is 0.206. The zero-order valence-electron chi connectivity index (χ0n) is 10.4. The number of aliphatic hydroxyl groups is 1. The van der Waals surface area contributed by atoms with Crippen molar-refractivity contribution in [2.45, 2.75) is 33.6 Å². The molecular formula is C14H19NO. The minimum atomic E-state index is -0.363. The molecule has 0 aliphatic heterocycles. The van der Waals surface area contributed by atoms with Crippen molar-refractivity contribution < 1.29 is 5.11 Å². The molecule has 86 valence electrons. The van der Waals surface area contributed by atoms with Crippen LogP contribution in [0.3, 0.4) is 0 Å². The van der Waals surface area contributed by atoms with Crippen LogP contribution in [0.1, 0.15) is 44.9 Å². The Kier molecular flexibility index (Phi) is 4.09. The molecule has 2 nitrogen and oxygen atoms in total. The fourth-order valence-corrected chi connectivity index (χ4v) is 1.09. The fraction of sp³-hybridized carbons (Fsp3) is 0.500. The molecule has 0 bridgehead atoms. The van der Waals surface area contributed by atoms with Crippen LogP contribution in [-0.2, 0) is 0 Å². The van der Waals surface area contributed by atoms with Crippen LogP contribution in [0.25, 0.3) is 0 Å². The molecule has 1 heterocycles. The van der Waals surface area contributed by atoms with Gasteiger partial charge in [0, 0.05) is 11.6 Å². The topological polar surface area (TPSA) is 33.1 Å². The van der Waals surface area contributed by atoms with Gasteiger partial charge in [0.1, 0.15) is 5.69 Å². The second-order valence-corrected chi connectivity index (χ2v) is 4.92. The van der Waals surface area contributed by atoms with E-state index in [-0.39, 0.29) is 12.0 Å². The highest BCUT2D eigenvalue weighted by Crippen LogP contribution is 2.13. The third-order valence-corrected chi connectivity index (χ3v) is 2.38. The molecule has 16 heavy (non-hydrogen) atoms. The molecule has 1 rings (SSSR count). The van der Waals surface area contributed by atoms with Crippen molar-refractivity contribution in [3.63, 3.8) is 0 Å². The van der Waals surface area contributed by atoms with E-state index in [1.165, 1.54) is 5.56 Å². The molecule has 2 heteroatoms. The number of aliphatic hydroxyl groups excluding tert-OH is 1. The first kappa shape index (κ1) is 12.7. The summed E-state index contributed by atoms with van der Waals surface area (Å²) < 4.78 is 0. The molecule has 0 fully saturated rings. The molecule has 0 saturated carbocycles. The van der Waals surface area contributed by atoms with Gasteiger partial charge in [-0.1, -0.05) is 25.8 Å². The van der Waals surface area contributed by atoms with Gasteiger partial charge in [-0.15, -0.1) is 0 Å². The minimum Gasteiger partial charge on any atom is -0.395 e. The second-order valence-electron chi connectivity index (χ2n) is 4.92. The summed E-state index contributed by atoms with van der Waals surface area (Å²) >= 11 is 0. The SMILES string of the molecule is CC(C)c1ccc(C#CC(C)(C)CO)nc1. The Morgan fingerprint density at radius 3 is 2.50 bits per heavy atom. The van der Waals surface area contributed by atoms with Crippen LogP contribution in [0.4, 0.5) is 0 Å². The number of hydrogen-bond acceptors (Lipinski definition) is 2. The first-order valence-corrected chi connectivity index (χ1v) is 5.54. The van der Waals surface area contributed by atoms with Crippen molar-refractivity contribution in [1.29, 1.82) is 0 Å². The Balaban J connectivity index is 2.84. The van der Waals surface area contributed by atoms with Crippen LogP contribution in [0.2, 0.25) is 0 Å². The Bertz CT molecular complexity index is 393. The zero-order chi connectivity index (χ0) is 12.2. The van der Waals surface area contributed by atoms with E-state index in [9.17, 15) is 0 Å². The van der Waals surface area contributed by atoms with Gasteiger partial charge in [0.05, 0.1) is 6.61 Å². The summed E-state index contributed by atoms with van der Waals surface area (Å²) in [4.78, 5) is 4.28. The van der Waals surface area contributed by atoms with E-state index < -0.39 is 0 Å². The van der Waals surface area contributed by atoms with Gasteiger partial charge in [0.15, 0.2) is 0 Å². The molecule has 0 unspecified atom stereocenters. The van der Waals surface area contributed by atoms with Crippen molar-refractivity contribution in [1.82, 2.24) is 4.98 Å². The Hall–Kier alpha value is -1.33. The molecule has 0 atom stereocenters. The Morgan fingerprint density at radius 1 is 1.38 bits per heavy atom. The molecule has 0 radical (unpaired) electrons. The maximum absolute atomic E-state index is 9.07. The fourth-order valence-electron chi connectivity index (χ4n) is 1.09. The third kappa shape index (κ3) is 3.67. The highest BCUT2D eigenvalue weighted by Gasteiger charge is 2.11. The smallest absolute Gasteiger partial charge is 0.113 e. The molecule has 0 aliphatic rings. The largest absolute Gasteiger partial charge is 0.395 e. The van der Waals surface area contributed by atoms with Crippen LogP contribution >= 0.6 is 0 Å². The first-order valence-electron chi connectivity index (χ1n) is 5.54. The molecule has 0 aromatic carbocycles. The van der Waals surface area contributed by atoms with Crippen LogP contribution in [0.15, 0.2) is 18.3 Å². The number of nitrogens with zero attached hydrogens (tertiary/aromatic N) is 1. The van der Waals surface area contributed by atoms with Crippen LogP contribution in [0, 0.1) is 17.3 Å². The lowest BCUT2D eigenvalue weighted by atomic mass is 9.96.